The molecule has 1 aliphatic rings. The van der Waals surface area contributed by atoms with E-state index in [2.05, 4.69) is 45.1 Å². The van der Waals surface area contributed by atoms with Crippen molar-refractivity contribution in [2.24, 2.45) is 5.92 Å². The summed E-state index contributed by atoms with van der Waals surface area (Å²) in [6.45, 7) is 9.95. The normalized spacial score (nSPS) is 19.0. The zero-order chi connectivity index (χ0) is 19.4. The highest BCUT2D eigenvalue weighted by molar-refractivity contribution is 6.02. The zero-order valence-electron chi connectivity index (χ0n) is 16.8. The van der Waals surface area contributed by atoms with Gasteiger partial charge in [0.15, 0.2) is 0 Å². The maximum atomic E-state index is 13.2. The number of anilines is 1. The second-order valence-electron chi connectivity index (χ2n) is 7.76. The van der Waals surface area contributed by atoms with Gasteiger partial charge in [-0.2, -0.15) is 0 Å². The van der Waals surface area contributed by atoms with Crippen LogP contribution in [0.4, 0.5) is 5.69 Å². The number of benzene rings is 2. The summed E-state index contributed by atoms with van der Waals surface area (Å²) in [5, 5.41) is 3.61. The Kier molecular flexibility index (Phi) is 5.73. The Bertz CT molecular complexity index is 802. The van der Waals surface area contributed by atoms with Gasteiger partial charge in [-0.1, -0.05) is 45.0 Å². The smallest absolute Gasteiger partial charge is 0.258 e. The number of carbonyl (C=O) groups excluding carboxylic acids is 1. The first-order valence-electron chi connectivity index (χ1n) is 9.88. The number of hydrogen-bond acceptors (Lipinski definition) is 3. The summed E-state index contributed by atoms with van der Waals surface area (Å²) in [5.74, 6) is 1.53. The van der Waals surface area contributed by atoms with E-state index < -0.39 is 5.66 Å². The minimum atomic E-state index is -0.612. The summed E-state index contributed by atoms with van der Waals surface area (Å²) < 4.78 is 5.95. The van der Waals surface area contributed by atoms with Gasteiger partial charge < -0.3 is 15.0 Å². The fourth-order valence-electron chi connectivity index (χ4n) is 3.53. The summed E-state index contributed by atoms with van der Waals surface area (Å²) in [4.78, 5) is 15.1. The van der Waals surface area contributed by atoms with Gasteiger partial charge in [-0.3, -0.25) is 4.79 Å². The van der Waals surface area contributed by atoms with Gasteiger partial charge in [0, 0.05) is 17.8 Å². The van der Waals surface area contributed by atoms with E-state index in [9.17, 15) is 4.79 Å². The summed E-state index contributed by atoms with van der Waals surface area (Å²) in [6, 6.07) is 15.8. The molecule has 0 aromatic heterocycles. The Labute approximate surface area is 162 Å². The van der Waals surface area contributed by atoms with Gasteiger partial charge in [-0.05, 0) is 49.9 Å². The Morgan fingerprint density at radius 1 is 1.15 bits per heavy atom. The van der Waals surface area contributed by atoms with Crippen molar-refractivity contribution >= 4 is 11.6 Å². The van der Waals surface area contributed by atoms with E-state index in [1.54, 1.807) is 0 Å². The van der Waals surface area contributed by atoms with Gasteiger partial charge >= 0.3 is 0 Å². The van der Waals surface area contributed by atoms with Gasteiger partial charge in [-0.25, -0.2) is 0 Å². The first kappa shape index (κ1) is 19.3. The maximum Gasteiger partial charge on any atom is 0.258 e. The number of para-hydroxylation sites is 1. The second kappa shape index (κ2) is 8.03. The van der Waals surface area contributed by atoms with Gasteiger partial charge in [0.25, 0.3) is 5.91 Å². The molecule has 27 heavy (non-hydrogen) atoms. The van der Waals surface area contributed by atoms with Crippen molar-refractivity contribution in [3.63, 3.8) is 0 Å². The van der Waals surface area contributed by atoms with E-state index in [-0.39, 0.29) is 5.91 Å². The molecular formula is C23H30N2O2. The third kappa shape index (κ3) is 3.95. The number of rotatable bonds is 7. The Hall–Kier alpha value is -2.49. The van der Waals surface area contributed by atoms with Gasteiger partial charge in [-0.15, -0.1) is 0 Å². The van der Waals surface area contributed by atoms with E-state index in [0.29, 0.717) is 19.1 Å². The fourth-order valence-corrected chi connectivity index (χ4v) is 3.53. The molecule has 1 aliphatic heterocycles. The lowest BCUT2D eigenvalue weighted by atomic mass is 9.93. The van der Waals surface area contributed by atoms with Crippen LogP contribution in [0.3, 0.4) is 0 Å². The average Bonchev–Trinajstić information content (AvgIpc) is 2.65. The van der Waals surface area contributed by atoms with E-state index >= 15 is 0 Å². The van der Waals surface area contributed by atoms with Crippen molar-refractivity contribution in [2.45, 2.75) is 46.2 Å². The first-order valence-corrected chi connectivity index (χ1v) is 9.88. The topological polar surface area (TPSA) is 41.6 Å². The molecule has 4 heteroatoms. The highest BCUT2D eigenvalue weighted by atomic mass is 16.5. The van der Waals surface area contributed by atoms with E-state index in [4.69, 9.17) is 4.74 Å². The maximum absolute atomic E-state index is 13.2. The molecule has 0 radical (unpaired) electrons. The standard InChI is InChI=1S/C23H30N2O2/c1-5-14-25-22(26)20-11-6-7-12-21(20)24-23(25,4)18-9-8-10-19(16-18)27-15-13-17(2)3/h6-12,16-17,24H,5,13-15H2,1-4H3. The van der Waals surface area contributed by atoms with Crippen molar-refractivity contribution < 1.29 is 9.53 Å². The van der Waals surface area contributed by atoms with Crippen LogP contribution in [-0.2, 0) is 5.66 Å². The lowest BCUT2D eigenvalue weighted by Crippen LogP contribution is -2.56. The molecule has 1 atom stereocenters. The molecule has 0 saturated carbocycles. The van der Waals surface area contributed by atoms with E-state index in [1.165, 1.54) is 0 Å². The van der Waals surface area contributed by atoms with Crippen LogP contribution in [0.2, 0.25) is 0 Å². The number of carbonyl (C=O) groups is 1. The van der Waals surface area contributed by atoms with Crippen LogP contribution in [0.15, 0.2) is 48.5 Å². The molecule has 1 heterocycles. The van der Waals surface area contributed by atoms with Crippen molar-refractivity contribution in [1.29, 1.82) is 0 Å². The molecule has 2 aromatic carbocycles. The summed E-state index contributed by atoms with van der Waals surface area (Å²) >= 11 is 0. The summed E-state index contributed by atoms with van der Waals surface area (Å²) in [7, 11) is 0. The van der Waals surface area contributed by atoms with Gasteiger partial charge in [0.05, 0.1) is 12.2 Å². The van der Waals surface area contributed by atoms with Gasteiger partial charge in [0.2, 0.25) is 0 Å². The van der Waals surface area contributed by atoms with Crippen LogP contribution in [0.1, 0.15) is 56.5 Å². The predicted octanol–water partition coefficient (Wildman–Crippen LogP) is 5.26. The highest BCUT2D eigenvalue weighted by Crippen LogP contribution is 2.38. The Morgan fingerprint density at radius 3 is 2.67 bits per heavy atom. The molecule has 4 nitrogen and oxygen atoms in total. The van der Waals surface area contributed by atoms with Crippen molar-refractivity contribution in [3.8, 4) is 5.75 Å². The monoisotopic (exact) mass is 366 g/mol. The van der Waals surface area contributed by atoms with Crippen LogP contribution < -0.4 is 10.1 Å². The molecule has 2 aromatic rings. The van der Waals surface area contributed by atoms with E-state index in [0.717, 1.165) is 35.4 Å². The third-order valence-corrected chi connectivity index (χ3v) is 5.13. The number of fused-ring (bicyclic) bond motifs is 1. The fraction of sp³-hybridized carbons (Fsp3) is 0.435. The second-order valence-corrected chi connectivity index (χ2v) is 7.76. The Balaban J connectivity index is 1.94. The van der Waals surface area contributed by atoms with Crippen LogP contribution >= 0.6 is 0 Å². The molecule has 1 unspecified atom stereocenters. The molecule has 1 N–H and O–H groups in total. The molecule has 0 spiro atoms. The first-order chi connectivity index (χ1) is 13.0. The molecule has 0 aliphatic carbocycles. The quantitative estimate of drug-likeness (QED) is 0.726. The lowest BCUT2D eigenvalue weighted by molar-refractivity contribution is 0.0534. The van der Waals surface area contributed by atoms with Crippen LogP contribution in [0, 0.1) is 5.92 Å². The molecule has 144 valence electrons. The largest absolute Gasteiger partial charge is 0.494 e. The van der Waals surface area contributed by atoms with Gasteiger partial charge in [0.1, 0.15) is 11.4 Å². The van der Waals surface area contributed by atoms with Crippen molar-refractivity contribution in [1.82, 2.24) is 4.90 Å². The molecule has 3 rings (SSSR count). The summed E-state index contributed by atoms with van der Waals surface area (Å²) in [5.41, 5.74) is 2.02. The number of nitrogens with zero attached hydrogens (tertiary/aromatic N) is 1. The minimum Gasteiger partial charge on any atom is -0.494 e. The number of amides is 1. The molecule has 0 fully saturated rings. The van der Waals surface area contributed by atoms with Crippen molar-refractivity contribution in [2.75, 3.05) is 18.5 Å². The average molecular weight is 367 g/mol. The lowest BCUT2D eigenvalue weighted by Gasteiger charge is -2.46. The zero-order valence-corrected chi connectivity index (χ0v) is 16.8. The SMILES string of the molecule is CCCN1C(=O)c2ccccc2NC1(C)c1cccc(OCCC(C)C)c1. The summed E-state index contributed by atoms with van der Waals surface area (Å²) in [6.07, 6.45) is 1.92. The third-order valence-electron chi connectivity index (χ3n) is 5.13. The van der Waals surface area contributed by atoms with E-state index in [1.807, 2.05) is 41.3 Å². The predicted molar refractivity (Wildman–Crippen MR) is 110 cm³/mol. The Morgan fingerprint density at radius 2 is 1.93 bits per heavy atom. The van der Waals surface area contributed by atoms with Crippen LogP contribution in [-0.4, -0.2) is 24.0 Å². The number of ether oxygens (including phenoxy) is 1. The minimum absolute atomic E-state index is 0.0693. The number of hydrogen-bond donors (Lipinski definition) is 1. The highest BCUT2D eigenvalue weighted by Gasteiger charge is 2.42. The molecular weight excluding hydrogens is 336 g/mol. The van der Waals surface area contributed by atoms with Crippen LogP contribution in [0.25, 0.3) is 0 Å². The van der Waals surface area contributed by atoms with Crippen molar-refractivity contribution in [3.05, 3.63) is 59.7 Å². The molecule has 0 bridgehead atoms. The molecule has 0 saturated heterocycles. The number of nitrogens with one attached hydrogen (secondary N) is 1. The van der Waals surface area contributed by atoms with Crippen LogP contribution in [0.5, 0.6) is 5.75 Å². The molecule has 1 amide bonds.